The lowest BCUT2D eigenvalue weighted by molar-refractivity contribution is 0.221. The number of hydrogen-bond acceptors (Lipinski definition) is 4. The summed E-state index contributed by atoms with van der Waals surface area (Å²) in [6.45, 7) is 4.80. The van der Waals surface area contributed by atoms with E-state index in [1.807, 2.05) is 13.1 Å². The predicted octanol–water partition coefficient (Wildman–Crippen LogP) is 0.619. The molecule has 1 unspecified atom stereocenters. The fourth-order valence-corrected chi connectivity index (χ4v) is 2.29. The van der Waals surface area contributed by atoms with Gasteiger partial charge in [-0.15, -0.1) is 0 Å². The first-order chi connectivity index (χ1) is 8.58. The molecule has 0 aromatic rings. The van der Waals surface area contributed by atoms with Gasteiger partial charge in [0.05, 0.1) is 5.84 Å². The first-order valence-electron chi connectivity index (χ1n) is 6.40. The van der Waals surface area contributed by atoms with Gasteiger partial charge in [0.25, 0.3) is 0 Å². The quantitative estimate of drug-likeness (QED) is 0.568. The molecule has 1 atom stereocenters. The molecule has 0 aromatic heterocycles. The summed E-state index contributed by atoms with van der Waals surface area (Å²) in [5.41, 5.74) is 13.7. The standard InChI is InChI=1S/C13H25N5/c1-10(14)12(7-16-2)9-18-6-4-5-11(8-18)13(15)17-3/h7,11H,4-6,8-9,14H2,1-3H3,(H2,15,17)/b12-10+,16-7?. The summed E-state index contributed by atoms with van der Waals surface area (Å²) in [5.74, 6) is 1.14. The highest BCUT2D eigenvalue weighted by Gasteiger charge is 2.22. The molecule has 18 heavy (non-hydrogen) atoms. The molecule has 0 aliphatic carbocycles. The second-order valence-electron chi connectivity index (χ2n) is 4.82. The summed E-state index contributed by atoms with van der Waals surface area (Å²) < 4.78 is 0. The Balaban J connectivity index is 2.65. The topological polar surface area (TPSA) is 80.0 Å². The van der Waals surface area contributed by atoms with E-state index in [1.165, 1.54) is 0 Å². The lowest BCUT2D eigenvalue weighted by atomic mass is 9.96. The van der Waals surface area contributed by atoms with Crippen molar-refractivity contribution in [3.05, 3.63) is 11.3 Å². The van der Waals surface area contributed by atoms with E-state index in [2.05, 4.69) is 14.9 Å². The Hall–Kier alpha value is -1.36. The van der Waals surface area contributed by atoms with Crippen LogP contribution in [0.15, 0.2) is 21.3 Å². The summed E-state index contributed by atoms with van der Waals surface area (Å²) in [5, 5.41) is 0. The number of piperidine rings is 1. The number of hydrogen-bond donors (Lipinski definition) is 2. The van der Waals surface area contributed by atoms with E-state index in [4.69, 9.17) is 11.5 Å². The number of nitrogens with two attached hydrogens (primary N) is 2. The Kier molecular flexibility index (Phi) is 5.85. The Morgan fingerprint density at radius 3 is 2.67 bits per heavy atom. The van der Waals surface area contributed by atoms with E-state index < -0.39 is 0 Å². The largest absolute Gasteiger partial charge is 0.402 e. The van der Waals surface area contributed by atoms with E-state index in [0.29, 0.717) is 5.92 Å². The van der Waals surface area contributed by atoms with Gasteiger partial charge in [-0.2, -0.15) is 0 Å². The molecule has 0 amide bonds. The summed E-state index contributed by atoms with van der Waals surface area (Å²) in [4.78, 5) is 10.5. The van der Waals surface area contributed by atoms with Crippen LogP contribution >= 0.6 is 0 Å². The molecule has 0 saturated carbocycles. The maximum Gasteiger partial charge on any atom is 0.0977 e. The van der Waals surface area contributed by atoms with E-state index in [1.54, 1.807) is 14.1 Å². The average molecular weight is 251 g/mol. The fraction of sp³-hybridized carbons (Fsp3) is 0.692. The molecular weight excluding hydrogens is 226 g/mol. The summed E-state index contributed by atoms with van der Waals surface area (Å²) in [6.07, 6.45) is 4.12. The van der Waals surface area contributed by atoms with Gasteiger partial charge >= 0.3 is 0 Å². The third kappa shape index (κ3) is 4.14. The summed E-state index contributed by atoms with van der Waals surface area (Å²) in [6, 6.07) is 0. The molecule has 0 radical (unpaired) electrons. The minimum atomic E-state index is 0.377. The van der Waals surface area contributed by atoms with Crippen LogP contribution in [0.5, 0.6) is 0 Å². The van der Waals surface area contributed by atoms with Crippen molar-refractivity contribution >= 4 is 12.1 Å². The zero-order valence-corrected chi connectivity index (χ0v) is 11.7. The van der Waals surface area contributed by atoms with E-state index in [9.17, 15) is 0 Å². The zero-order chi connectivity index (χ0) is 13.5. The van der Waals surface area contributed by atoms with Crippen molar-refractivity contribution in [3.8, 4) is 0 Å². The summed E-state index contributed by atoms with van der Waals surface area (Å²) >= 11 is 0. The van der Waals surface area contributed by atoms with Crippen molar-refractivity contribution in [2.45, 2.75) is 19.8 Å². The van der Waals surface area contributed by atoms with Gasteiger partial charge in [0.2, 0.25) is 0 Å². The van der Waals surface area contributed by atoms with Gasteiger partial charge < -0.3 is 11.5 Å². The van der Waals surface area contributed by atoms with Crippen molar-refractivity contribution in [1.29, 1.82) is 0 Å². The minimum absolute atomic E-state index is 0.377. The smallest absolute Gasteiger partial charge is 0.0977 e. The molecule has 1 aliphatic rings. The van der Waals surface area contributed by atoms with Gasteiger partial charge in [-0.25, -0.2) is 0 Å². The second-order valence-corrected chi connectivity index (χ2v) is 4.82. The van der Waals surface area contributed by atoms with E-state index in [-0.39, 0.29) is 0 Å². The Labute approximate surface area is 110 Å². The molecule has 4 N–H and O–H groups in total. The molecular formula is C13H25N5. The molecule has 1 rings (SSSR count). The van der Waals surface area contributed by atoms with Crippen LogP contribution in [0, 0.1) is 5.92 Å². The van der Waals surface area contributed by atoms with E-state index in [0.717, 1.165) is 49.6 Å². The minimum Gasteiger partial charge on any atom is -0.402 e. The van der Waals surface area contributed by atoms with Gasteiger partial charge in [0, 0.05) is 50.6 Å². The second kappa shape index (κ2) is 7.16. The molecule has 0 spiro atoms. The number of likely N-dealkylation sites (tertiary alicyclic amines) is 1. The molecule has 1 heterocycles. The van der Waals surface area contributed by atoms with Crippen LogP contribution in [0.3, 0.4) is 0 Å². The molecule has 1 aliphatic heterocycles. The molecule has 0 aromatic carbocycles. The van der Waals surface area contributed by atoms with Crippen LogP contribution in [-0.4, -0.2) is 50.7 Å². The monoisotopic (exact) mass is 251 g/mol. The van der Waals surface area contributed by atoms with Gasteiger partial charge in [-0.3, -0.25) is 14.9 Å². The zero-order valence-electron chi connectivity index (χ0n) is 11.7. The van der Waals surface area contributed by atoms with Gasteiger partial charge in [0.1, 0.15) is 0 Å². The third-order valence-corrected chi connectivity index (χ3v) is 3.37. The molecule has 5 nitrogen and oxygen atoms in total. The normalized spacial score (nSPS) is 24.4. The van der Waals surface area contributed by atoms with Crippen LogP contribution in [0.4, 0.5) is 0 Å². The molecule has 1 fully saturated rings. The van der Waals surface area contributed by atoms with Gasteiger partial charge in [0.15, 0.2) is 0 Å². The highest BCUT2D eigenvalue weighted by Crippen LogP contribution is 2.17. The average Bonchev–Trinajstić information content (AvgIpc) is 2.37. The van der Waals surface area contributed by atoms with Crippen LogP contribution in [0.25, 0.3) is 0 Å². The highest BCUT2D eigenvalue weighted by atomic mass is 15.1. The molecule has 1 saturated heterocycles. The number of amidine groups is 1. The van der Waals surface area contributed by atoms with Gasteiger partial charge in [-0.05, 0) is 26.3 Å². The number of rotatable bonds is 4. The van der Waals surface area contributed by atoms with Crippen molar-refractivity contribution in [1.82, 2.24) is 4.90 Å². The third-order valence-electron chi connectivity index (χ3n) is 3.37. The van der Waals surface area contributed by atoms with Crippen molar-refractivity contribution in [2.75, 3.05) is 33.7 Å². The number of allylic oxidation sites excluding steroid dienone is 1. The lowest BCUT2D eigenvalue weighted by Gasteiger charge is -2.32. The number of aliphatic imine (C=N–C) groups is 2. The van der Waals surface area contributed by atoms with Crippen molar-refractivity contribution < 1.29 is 0 Å². The lowest BCUT2D eigenvalue weighted by Crippen LogP contribution is -2.42. The van der Waals surface area contributed by atoms with Crippen molar-refractivity contribution in [3.63, 3.8) is 0 Å². The number of nitrogens with zero attached hydrogens (tertiary/aromatic N) is 3. The maximum atomic E-state index is 5.92. The first-order valence-corrected chi connectivity index (χ1v) is 6.40. The Morgan fingerprint density at radius 1 is 1.39 bits per heavy atom. The van der Waals surface area contributed by atoms with Crippen LogP contribution in [0.1, 0.15) is 19.8 Å². The highest BCUT2D eigenvalue weighted by molar-refractivity contribution is 5.83. The first kappa shape index (κ1) is 14.7. The van der Waals surface area contributed by atoms with Crippen LogP contribution in [-0.2, 0) is 0 Å². The summed E-state index contributed by atoms with van der Waals surface area (Å²) in [7, 11) is 3.52. The molecule has 5 heteroatoms. The molecule has 102 valence electrons. The van der Waals surface area contributed by atoms with Crippen molar-refractivity contribution in [2.24, 2.45) is 27.4 Å². The Morgan fingerprint density at radius 2 is 2.11 bits per heavy atom. The SMILES string of the molecule is CN=C/C(CN1CCCC(C(N)=NC)C1)=C(/C)N. The van der Waals surface area contributed by atoms with Crippen LogP contribution < -0.4 is 11.5 Å². The molecule has 0 bridgehead atoms. The maximum absolute atomic E-state index is 5.92. The fourth-order valence-electron chi connectivity index (χ4n) is 2.29. The van der Waals surface area contributed by atoms with Crippen LogP contribution in [0.2, 0.25) is 0 Å². The van der Waals surface area contributed by atoms with Gasteiger partial charge in [-0.1, -0.05) is 0 Å². The predicted molar refractivity (Wildman–Crippen MR) is 78.0 cm³/mol. The Bertz CT molecular complexity index is 352. The van der Waals surface area contributed by atoms with E-state index >= 15 is 0 Å².